The van der Waals surface area contributed by atoms with Crippen LogP contribution in [0.15, 0.2) is 66.9 Å². The summed E-state index contributed by atoms with van der Waals surface area (Å²) in [6.45, 7) is 7.49. The number of urea groups is 1. The Balaban J connectivity index is 1.72. The number of ether oxygens (including phenoxy) is 1. The molecule has 1 N–H and O–H groups in total. The minimum atomic E-state index is -0.117. The highest BCUT2D eigenvalue weighted by Crippen LogP contribution is 2.18. The van der Waals surface area contributed by atoms with Crippen LogP contribution in [0.3, 0.4) is 0 Å². The summed E-state index contributed by atoms with van der Waals surface area (Å²) in [7, 11) is 1.62. The summed E-state index contributed by atoms with van der Waals surface area (Å²) in [5.41, 5.74) is 4.35. The number of benzene rings is 2. The van der Waals surface area contributed by atoms with E-state index < -0.39 is 0 Å². The van der Waals surface area contributed by atoms with Crippen molar-refractivity contribution in [1.29, 1.82) is 0 Å². The molecule has 3 rings (SSSR count). The lowest BCUT2D eigenvalue weighted by Crippen LogP contribution is -2.40. The van der Waals surface area contributed by atoms with Crippen LogP contribution in [0.2, 0.25) is 0 Å². The number of hydrogen-bond acceptors (Lipinski definition) is 2. The van der Waals surface area contributed by atoms with Gasteiger partial charge in [0.05, 0.1) is 13.7 Å². The predicted octanol–water partition coefficient (Wildman–Crippen LogP) is 5.30. The number of carbonyl (C=O) groups is 1. The highest BCUT2D eigenvalue weighted by atomic mass is 16.5. The maximum Gasteiger partial charge on any atom is 0.322 e. The number of amides is 2. The lowest BCUT2D eigenvalue weighted by Gasteiger charge is -2.27. The number of nitrogens with zero attached hydrogens (tertiary/aromatic N) is 2. The van der Waals surface area contributed by atoms with E-state index in [9.17, 15) is 4.79 Å². The van der Waals surface area contributed by atoms with Gasteiger partial charge in [-0.15, -0.1) is 0 Å². The van der Waals surface area contributed by atoms with E-state index in [0.717, 1.165) is 23.7 Å². The van der Waals surface area contributed by atoms with Crippen LogP contribution in [0.1, 0.15) is 30.7 Å². The van der Waals surface area contributed by atoms with Gasteiger partial charge in [-0.05, 0) is 62.7 Å². The molecule has 152 valence electrons. The normalized spacial score (nSPS) is 10.8. The van der Waals surface area contributed by atoms with Crippen molar-refractivity contribution in [3.63, 3.8) is 0 Å². The molecule has 0 spiro atoms. The van der Waals surface area contributed by atoms with Crippen molar-refractivity contribution in [3.8, 4) is 5.75 Å². The van der Waals surface area contributed by atoms with Crippen molar-refractivity contribution in [3.05, 3.63) is 83.7 Å². The first-order valence-corrected chi connectivity index (χ1v) is 9.87. The molecule has 0 bridgehead atoms. The third-order valence-corrected chi connectivity index (χ3v) is 4.92. The fourth-order valence-corrected chi connectivity index (χ4v) is 3.29. The van der Waals surface area contributed by atoms with E-state index >= 15 is 0 Å². The number of rotatable bonds is 7. The lowest BCUT2D eigenvalue weighted by atomic mass is 10.1. The van der Waals surface area contributed by atoms with Gasteiger partial charge in [-0.25, -0.2) is 4.79 Å². The smallest absolute Gasteiger partial charge is 0.322 e. The molecule has 0 unspecified atom stereocenters. The minimum Gasteiger partial charge on any atom is -0.497 e. The molecular formula is C24H29N3O2. The third kappa shape index (κ3) is 5.41. The highest BCUT2D eigenvalue weighted by molar-refractivity contribution is 5.89. The van der Waals surface area contributed by atoms with E-state index in [4.69, 9.17) is 4.74 Å². The van der Waals surface area contributed by atoms with Gasteiger partial charge in [0.2, 0.25) is 0 Å². The van der Waals surface area contributed by atoms with E-state index in [0.29, 0.717) is 6.54 Å². The first kappa shape index (κ1) is 20.5. The highest BCUT2D eigenvalue weighted by Gasteiger charge is 2.19. The van der Waals surface area contributed by atoms with Crippen molar-refractivity contribution in [2.24, 2.45) is 0 Å². The molecule has 2 aromatic carbocycles. The summed E-state index contributed by atoms with van der Waals surface area (Å²) in [5, 5.41) is 2.99. The van der Waals surface area contributed by atoms with Crippen LogP contribution in [0.4, 0.5) is 10.5 Å². The van der Waals surface area contributed by atoms with Crippen LogP contribution in [-0.2, 0) is 13.1 Å². The fourth-order valence-electron chi connectivity index (χ4n) is 3.29. The van der Waals surface area contributed by atoms with Crippen LogP contribution in [-0.4, -0.2) is 28.6 Å². The van der Waals surface area contributed by atoms with Crippen molar-refractivity contribution >= 4 is 11.7 Å². The van der Waals surface area contributed by atoms with Gasteiger partial charge < -0.3 is 19.5 Å². The summed E-state index contributed by atoms with van der Waals surface area (Å²) >= 11 is 0. The Labute approximate surface area is 172 Å². The number of aromatic nitrogens is 1. The van der Waals surface area contributed by atoms with Crippen molar-refractivity contribution in [1.82, 2.24) is 9.47 Å². The molecule has 0 fully saturated rings. The van der Waals surface area contributed by atoms with E-state index in [2.05, 4.69) is 53.3 Å². The molecule has 0 aliphatic carbocycles. The molecule has 5 heteroatoms. The van der Waals surface area contributed by atoms with Crippen LogP contribution in [0, 0.1) is 6.92 Å². The SMILES string of the molecule is COc1ccc(NC(=O)N(Cc2cccn2Cc2cccc(C)c2)C(C)C)cc1. The minimum absolute atomic E-state index is 0.0653. The van der Waals surface area contributed by atoms with Gasteiger partial charge in [0, 0.05) is 30.2 Å². The first-order valence-electron chi connectivity index (χ1n) is 9.87. The van der Waals surface area contributed by atoms with Gasteiger partial charge in [-0.2, -0.15) is 0 Å². The second-order valence-corrected chi connectivity index (χ2v) is 7.50. The molecular weight excluding hydrogens is 362 g/mol. The van der Waals surface area contributed by atoms with Gasteiger partial charge >= 0.3 is 6.03 Å². The molecule has 2 amide bonds. The monoisotopic (exact) mass is 391 g/mol. The van der Waals surface area contributed by atoms with E-state index in [1.807, 2.05) is 49.1 Å². The van der Waals surface area contributed by atoms with Gasteiger partial charge in [0.15, 0.2) is 0 Å². The maximum atomic E-state index is 12.9. The zero-order valence-electron chi connectivity index (χ0n) is 17.6. The molecule has 29 heavy (non-hydrogen) atoms. The van der Waals surface area contributed by atoms with Gasteiger partial charge in [0.1, 0.15) is 5.75 Å². The third-order valence-electron chi connectivity index (χ3n) is 4.92. The number of carbonyl (C=O) groups excluding carboxylic acids is 1. The Hall–Kier alpha value is -3.21. The lowest BCUT2D eigenvalue weighted by molar-refractivity contribution is 0.192. The number of hydrogen-bond donors (Lipinski definition) is 1. The van der Waals surface area contributed by atoms with Crippen LogP contribution < -0.4 is 10.1 Å². The van der Waals surface area contributed by atoms with Crippen LogP contribution >= 0.6 is 0 Å². The van der Waals surface area contributed by atoms with Crippen LogP contribution in [0.25, 0.3) is 0 Å². The zero-order valence-corrected chi connectivity index (χ0v) is 17.6. The average molecular weight is 392 g/mol. The Bertz CT molecular complexity index is 945. The topological polar surface area (TPSA) is 46.5 Å². The molecule has 1 aromatic heterocycles. The van der Waals surface area contributed by atoms with E-state index in [-0.39, 0.29) is 12.1 Å². The molecule has 1 heterocycles. The molecule has 0 aliphatic rings. The molecule has 5 nitrogen and oxygen atoms in total. The van der Waals surface area contributed by atoms with Crippen molar-refractivity contribution < 1.29 is 9.53 Å². The molecule has 0 aliphatic heterocycles. The standard InChI is InChI=1S/C24H29N3O2/c1-18(2)27(24(28)25-21-10-12-23(29-4)13-11-21)17-22-9-6-14-26(22)16-20-8-5-7-19(3)15-20/h5-15,18H,16-17H2,1-4H3,(H,25,28). The molecule has 3 aromatic rings. The van der Waals surface area contributed by atoms with E-state index in [1.54, 1.807) is 7.11 Å². The van der Waals surface area contributed by atoms with Gasteiger partial charge in [-0.3, -0.25) is 0 Å². The summed E-state index contributed by atoms with van der Waals surface area (Å²) in [6.07, 6.45) is 2.07. The summed E-state index contributed by atoms with van der Waals surface area (Å²) in [4.78, 5) is 14.8. The molecule has 0 saturated heterocycles. The number of methoxy groups -OCH3 is 1. The Kier molecular flexibility index (Phi) is 6.60. The molecule has 0 saturated carbocycles. The molecule has 0 atom stereocenters. The van der Waals surface area contributed by atoms with Crippen LogP contribution in [0.5, 0.6) is 5.75 Å². The molecule has 0 radical (unpaired) electrons. The largest absolute Gasteiger partial charge is 0.497 e. The Morgan fingerprint density at radius 3 is 2.52 bits per heavy atom. The van der Waals surface area contributed by atoms with Gasteiger partial charge in [0.25, 0.3) is 0 Å². The van der Waals surface area contributed by atoms with Crippen molar-refractivity contribution in [2.45, 2.75) is 39.9 Å². The summed E-state index contributed by atoms with van der Waals surface area (Å²) < 4.78 is 7.37. The van der Waals surface area contributed by atoms with E-state index in [1.165, 1.54) is 11.1 Å². The predicted molar refractivity (Wildman–Crippen MR) is 117 cm³/mol. The second-order valence-electron chi connectivity index (χ2n) is 7.50. The van der Waals surface area contributed by atoms with Crippen molar-refractivity contribution in [2.75, 3.05) is 12.4 Å². The Morgan fingerprint density at radius 2 is 1.86 bits per heavy atom. The zero-order chi connectivity index (χ0) is 20.8. The number of aryl methyl sites for hydroxylation is 1. The first-order chi connectivity index (χ1) is 14.0. The average Bonchev–Trinajstić information content (AvgIpc) is 3.13. The Morgan fingerprint density at radius 1 is 1.10 bits per heavy atom. The summed E-state index contributed by atoms with van der Waals surface area (Å²) in [6, 6.07) is 19.9. The maximum absolute atomic E-state index is 12.9. The fraction of sp³-hybridized carbons (Fsp3) is 0.292. The quantitative estimate of drug-likeness (QED) is 0.594. The number of anilines is 1. The summed E-state index contributed by atoms with van der Waals surface area (Å²) in [5.74, 6) is 0.762. The number of nitrogens with one attached hydrogen (secondary N) is 1. The second kappa shape index (κ2) is 9.32. The van der Waals surface area contributed by atoms with Gasteiger partial charge in [-0.1, -0.05) is 29.8 Å².